The van der Waals surface area contributed by atoms with Crippen molar-refractivity contribution >= 4 is 34.9 Å². The van der Waals surface area contributed by atoms with Crippen molar-refractivity contribution < 1.29 is 14.8 Å². The minimum absolute atomic E-state index is 0.804. The van der Waals surface area contributed by atoms with E-state index in [0.717, 1.165) is 24.9 Å². The van der Waals surface area contributed by atoms with Gasteiger partial charge in [-0.2, -0.15) is 0 Å². The number of halogens is 1. The van der Waals surface area contributed by atoms with E-state index in [9.17, 15) is 0 Å². The Hall–Kier alpha value is -1.75. The molecule has 5 heteroatoms. The predicted octanol–water partition coefficient (Wildman–Crippen LogP) is 2.53. The van der Waals surface area contributed by atoms with Gasteiger partial charge < -0.3 is 14.8 Å². The van der Waals surface area contributed by atoms with Crippen LogP contribution in [-0.4, -0.2) is 26.6 Å². The van der Waals surface area contributed by atoms with E-state index in [-0.39, 0.29) is 0 Å². The van der Waals surface area contributed by atoms with E-state index < -0.39 is 5.97 Å². The highest BCUT2D eigenvalue weighted by Gasteiger charge is 2.20. The maximum Gasteiger partial charge on any atom is 0.0802 e. The summed E-state index contributed by atoms with van der Waals surface area (Å²) in [4.78, 5) is 13.0. The number of rotatable bonds is 3. The van der Waals surface area contributed by atoms with Crippen molar-refractivity contribution in [3.05, 3.63) is 64.7 Å². The van der Waals surface area contributed by atoms with Gasteiger partial charge in [0.1, 0.15) is 0 Å². The number of carboxylic acids is 1. The summed E-state index contributed by atoms with van der Waals surface area (Å²) >= 11 is 8.04. The molecule has 0 aromatic heterocycles. The van der Waals surface area contributed by atoms with Crippen LogP contribution < -0.4 is 10.0 Å². The van der Waals surface area contributed by atoms with Gasteiger partial charge in [-0.1, -0.05) is 47.6 Å². The quantitative estimate of drug-likeness (QED) is 0.765. The Kier molecular flexibility index (Phi) is 7.12. The fourth-order valence-corrected chi connectivity index (χ4v) is 3.83. The summed E-state index contributed by atoms with van der Waals surface area (Å²) in [7, 11) is 4.38. The van der Waals surface area contributed by atoms with Gasteiger partial charge in [-0.15, -0.1) is 0 Å². The Morgan fingerprint density at radius 2 is 1.80 bits per heavy atom. The SMILES string of the molecule is CC(=O)[O-].C[NH+](C)CC/C=C1/c2ccccc2Sc2ccc(Cl)cc21. The van der Waals surface area contributed by atoms with Gasteiger partial charge >= 0.3 is 0 Å². The first-order chi connectivity index (χ1) is 11.9. The molecule has 25 heavy (non-hydrogen) atoms. The molecule has 2 aromatic carbocycles. The minimum Gasteiger partial charge on any atom is -0.550 e. The fourth-order valence-electron chi connectivity index (χ4n) is 2.57. The highest BCUT2D eigenvalue weighted by Crippen LogP contribution is 2.45. The number of carboxylic acid groups (broad SMARTS) is 1. The Labute approximate surface area is 158 Å². The van der Waals surface area contributed by atoms with Crippen molar-refractivity contribution in [3.8, 4) is 0 Å². The molecule has 3 nitrogen and oxygen atoms in total. The number of hydrogen-bond donors (Lipinski definition) is 1. The van der Waals surface area contributed by atoms with Crippen molar-refractivity contribution in [3.63, 3.8) is 0 Å². The lowest BCUT2D eigenvalue weighted by Gasteiger charge is -2.22. The van der Waals surface area contributed by atoms with E-state index in [2.05, 4.69) is 56.6 Å². The van der Waals surface area contributed by atoms with E-state index in [0.29, 0.717) is 0 Å². The molecule has 3 rings (SSSR count). The van der Waals surface area contributed by atoms with Crippen LogP contribution in [0, 0.1) is 0 Å². The summed E-state index contributed by atoms with van der Waals surface area (Å²) in [5.41, 5.74) is 3.91. The molecular formula is C20H22ClNO2S. The third kappa shape index (κ3) is 5.63. The standard InChI is InChI=1S/C18H18ClNS.C2H4O2/c1-20(2)11-5-7-14-15-6-3-4-8-17(15)21-18-10-9-13(19)12-16(14)18;1-2(3)4/h3-4,6-10,12H,5,11H2,1-2H3;1H3,(H,3,4)/b14-7-;. The van der Waals surface area contributed by atoms with Gasteiger partial charge in [0.15, 0.2) is 0 Å². The molecular weight excluding hydrogens is 354 g/mol. The molecule has 0 amide bonds. The van der Waals surface area contributed by atoms with Crippen LogP contribution >= 0.6 is 23.4 Å². The number of quaternary nitrogens is 1. The molecule has 0 unspecified atom stereocenters. The zero-order valence-electron chi connectivity index (χ0n) is 14.6. The lowest BCUT2D eigenvalue weighted by Crippen LogP contribution is -3.05. The molecule has 0 aliphatic carbocycles. The first-order valence-corrected chi connectivity index (χ1v) is 9.32. The Bertz CT molecular complexity index is 783. The summed E-state index contributed by atoms with van der Waals surface area (Å²) in [6.45, 7) is 2.11. The molecule has 0 saturated heterocycles. The summed E-state index contributed by atoms with van der Waals surface area (Å²) in [6.07, 6.45) is 3.43. The molecule has 0 spiro atoms. The molecule has 1 N–H and O–H groups in total. The summed E-state index contributed by atoms with van der Waals surface area (Å²) in [6, 6.07) is 14.8. The van der Waals surface area contributed by atoms with Crippen LogP contribution in [0.3, 0.4) is 0 Å². The Morgan fingerprint density at radius 1 is 1.16 bits per heavy atom. The smallest absolute Gasteiger partial charge is 0.0802 e. The molecule has 1 aliphatic heterocycles. The second-order valence-corrected chi connectivity index (χ2v) is 7.61. The van der Waals surface area contributed by atoms with Crippen molar-refractivity contribution in [1.82, 2.24) is 0 Å². The lowest BCUT2D eigenvalue weighted by molar-refractivity contribution is -0.857. The summed E-state index contributed by atoms with van der Waals surface area (Å²) in [5, 5.41) is 9.69. The van der Waals surface area contributed by atoms with Gasteiger partial charge in [0, 0.05) is 27.2 Å². The van der Waals surface area contributed by atoms with Crippen LogP contribution in [0.15, 0.2) is 58.3 Å². The maximum absolute atomic E-state index is 8.89. The molecule has 0 atom stereocenters. The Morgan fingerprint density at radius 3 is 2.48 bits per heavy atom. The number of carbonyl (C=O) groups is 1. The molecule has 0 fully saturated rings. The highest BCUT2D eigenvalue weighted by molar-refractivity contribution is 7.99. The summed E-state index contributed by atoms with van der Waals surface area (Å²) < 4.78 is 0. The lowest BCUT2D eigenvalue weighted by atomic mass is 9.96. The Balaban J connectivity index is 0.000000511. The van der Waals surface area contributed by atoms with Crippen LogP contribution in [0.1, 0.15) is 24.5 Å². The minimum atomic E-state index is -1.08. The number of carbonyl (C=O) groups excluding carboxylic acids is 1. The molecule has 132 valence electrons. The van der Waals surface area contributed by atoms with Crippen LogP contribution in [0.2, 0.25) is 5.02 Å². The highest BCUT2D eigenvalue weighted by atomic mass is 35.5. The third-order valence-corrected chi connectivity index (χ3v) is 5.01. The van der Waals surface area contributed by atoms with Gasteiger partial charge in [-0.25, -0.2) is 0 Å². The van der Waals surface area contributed by atoms with Crippen molar-refractivity contribution in [1.29, 1.82) is 0 Å². The average Bonchev–Trinajstić information content (AvgIpc) is 2.54. The maximum atomic E-state index is 8.89. The first kappa shape index (κ1) is 19.6. The monoisotopic (exact) mass is 375 g/mol. The van der Waals surface area contributed by atoms with Crippen LogP contribution in [0.25, 0.3) is 5.57 Å². The van der Waals surface area contributed by atoms with Crippen LogP contribution in [0.4, 0.5) is 0 Å². The van der Waals surface area contributed by atoms with Crippen LogP contribution in [0.5, 0.6) is 0 Å². The first-order valence-electron chi connectivity index (χ1n) is 8.12. The van der Waals surface area contributed by atoms with Gasteiger partial charge in [0.25, 0.3) is 0 Å². The predicted molar refractivity (Wildman–Crippen MR) is 102 cm³/mol. The number of hydrogen-bond acceptors (Lipinski definition) is 3. The number of fused-ring (bicyclic) bond motifs is 2. The van der Waals surface area contributed by atoms with Crippen molar-refractivity contribution in [2.45, 2.75) is 23.1 Å². The number of aliphatic carboxylic acids is 1. The van der Waals surface area contributed by atoms with Gasteiger partial charge in [0.05, 0.1) is 20.6 Å². The molecule has 0 bridgehead atoms. The van der Waals surface area contributed by atoms with Gasteiger partial charge in [0.2, 0.25) is 0 Å². The molecule has 0 saturated carbocycles. The van der Waals surface area contributed by atoms with Gasteiger partial charge in [-0.3, -0.25) is 0 Å². The second-order valence-electron chi connectivity index (χ2n) is 6.09. The zero-order valence-corrected chi connectivity index (χ0v) is 16.2. The molecule has 0 radical (unpaired) electrons. The van der Waals surface area contributed by atoms with Crippen molar-refractivity contribution in [2.24, 2.45) is 0 Å². The topological polar surface area (TPSA) is 44.6 Å². The van der Waals surface area contributed by atoms with E-state index in [1.165, 1.54) is 31.4 Å². The molecule has 1 heterocycles. The van der Waals surface area contributed by atoms with Crippen LogP contribution in [-0.2, 0) is 4.79 Å². The molecule has 2 aromatic rings. The van der Waals surface area contributed by atoms with E-state index >= 15 is 0 Å². The fraction of sp³-hybridized carbons (Fsp3) is 0.250. The van der Waals surface area contributed by atoms with Gasteiger partial charge in [-0.05, 0) is 47.9 Å². The molecule has 1 aliphatic rings. The zero-order chi connectivity index (χ0) is 18.4. The number of nitrogens with one attached hydrogen (secondary N) is 1. The average molecular weight is 376 g/mol. The number of benzene rings is 2. The third-order valence-electron chi connectivity index (χ3n) is 3.62. The van der Waals surface area contributed by atoms with Crippen molar-refractivity contribution in [2.75, 3.05) is 20.6 Å². The van der Waals surface area contributed by atoms with E-state index in [1.807, 2.05) is 17.8 Å². The second kappa shape index (κ2) is 9.09. The van der Waals surface area contributed by atoms with E-state index in [1.54, 1.807) is 0 Å². The normalized spacial score (nSPS) is 13.7. The summed E-state index contributed by atoms with van der Waals surface area (Å²) in [5.74, 6) is -1.08. The van der Waals surface area contributed by atoms with E-state index in [4.69, 9.17) is 21.5 Å². The largest absolute Gasteiger partial charge is 0.550 e.